The van der Waals surface area contributed by atoms with E-state index in [0.717, 1.165) is 41.3 Å². The van der Waals surface area contributed by atoms with E-state index in [4.69, 9.17) is 4.74 Å². The minimum Gasteiger partial charge on any atom is -0.489 e. The van der Waals surface area contributed by atoms with E-state index in [-0.39, 0.29) is 17.9 Å². The fraction of sp³-hybridized carbons (Fsp3) is 0.286. The fourth-order valence-electron chi connectivity index (χ4n) is 3.40. The zero-order valence-corrected chi connectivity index (χ0v) is 14.8. The van der Waals surface area contributed by atoms with E-state index in [2.05, 4.69) is 10.3 Å². The molecule has 1 N–H and O–H groups in total. The predicted octanol–water partition coefficient (Wildman–Crippen LogP) is 5.09. The van der Waals surface area contributed by atoms with Crippen molar-refractivity contribution in [2.45, 2.75) is 37.7 Å². The Morgan fingerprint density at radius 1 is 1.11 bits per heavy atom. The van der Waals surface area contributed by atoms with Crippen LogP contribution in [-0.2, 0) is 12.7 Å². The molecule has 2 atom stereocenters. The molecule has 0 amide bonds. The zero-order valence-electron chi connectivity index (χ0n) is 14.8. The molecule has 1 aliphatic rings. The second-order valence-corrected chi connectivity index (χ2v) is 6.87. The number of benzene rings is 2. The number of pyridine rings is 1. The topological polar surface area (TPSA) is 34.1 Å². The van der Waals surface area contributed by atoms with Crippen LogP contribution < -0.4 is 10.1 Å². The number of ether oxygens (including phenoxy) is 1. The summed E-state index contributed by atoms with van der Waals surface area (Å²) in [5.41, 5.74) is -0.190. The summed E-state index contributed by atoms with van der Waals surface area (Å²) >= 11 is 0. The van der Waals surface area contributed by atoms with Crippen molar-refractivity contribution < 1.29 is 22.3 Å². The fourth-order valence-corrected chi connectivity index (χ4v) is 3.40. The molecule has 0 radical (unpaired) electrons. The molecule has 146 valence electrons. The number of halogens is 4. The van der Waals surface area contributed by atoms with Crippen LogP contribution >= 0.6 is 0 Å². The molecule has 0 aliphatic heterocycles. The lowest BCUT2D eigenvalue weighted by atomic mass is 9.88. The predicted molar refractivity (Wildman–Crippen MR) is 97.4 cm³/mol. The summed E-state index contributed by atoms with van der Waals surface area (Å²) in [6, 6.07) is 10.7. The molecule has 1 saturated carbocycles. The Morgan fingerprint density at radius 3 is 2.71 bits per heavy atom. The molecule has 3 nitrogen and oxygen atoms in total. The average molecular weight is 390 g/mol. The van der Waals surface area contributed by atoms with Crippen molar-refractivity contribution in [3.63, 3.8) is 0 Å². The number of aromatic nitrogens is 1. The summed E-state index contributed by atoms with van der Waals surface area (Å²) < 4.78 is 57.7. The highest BCUT2D eigenvalue weighted by Crippen LogP contribution is 2.35. The summed E-state index contributed by atoms with van der Waals surface area (Å²) in [6.45, 7) is 0.614. The highest BCUT2D eigenvalue weighted by molar-refractivity contribution is 5.84. The molecule has 1 aromatic heterocycles. The van der Waals surface area contributed by atoms with Gasteiger partial charge in [0.15, 0.2) is 0 Å². The van der Waals surface area contributed by atoms with Gasteiger partial charge in [-0.1, -0.05) is 18.2 Å². The number of hydrogen-bond acceptors (Lipinski definition) is 3. The van der Waals surface area contributed by atoms with Gasteiger partial charge in [-0.15, -0.1) is 0 Å². The summed E-state index contributed by atoms with van der Waals surface area (Å²) in [5.74, 6) is -1.27. The van der Waals surface area contributed by atoms with E-state index in [9.17, 15) is 17.6 Å². The molecule has 3 aromatic rings. The van der Waals surface area contributed by atoms with Gasteiger partial charge in [-0.05, 0) is 48.1 Å². The van der Waals surface area contributed by atoms with Gasteiger partial charge in [-0.25, -0.2) is 4.39 Å². The highest BCUT2D eigenvalue weighted by Gasteiger charge is 2.36. The molecule has 0 spiro atoms. The van der Waals surface area contributed by atoms with Gasteiger partial charge in [0.25, 0.3) is 0 Å². The van der Waals surface area contributed by atoms with Gasteiger partial charge >= 0.3 is 6.18 Å². The molecule has 0 unspecified atom stereocenters. The van der Waals surface area contributed by atoms with Crippen molar-refractivity contribution >= 4 is 10.8 Å². The molecule has 7 heteroatoms. The Bertz CT molecular complexity index is 984. The molecular formula is C21H18F4N2O. The molecule has 2 aromatic carbocycles. The third kappa shape index (κ3) is 3.80. The van der Waals surface area contributed by atoms with Gasteiger partial charge in [-0.2, -0.15) is 13.2 Å². The lowest BCUT2D eigenvalue weighted by Gasteiger charge is -2.37. The maximum absolute atomic E-state index is 13.4. The average Bonchev–Trinajstić information content (AvgIpc) is 2.66. The van der Waals surface area contributed by atoms with Crippen LogP contribution in [0.2, 0.25) is 0 Å². The molecule has 0 saturated heterocycles. The minimum absolute atomic E-state index is 0.0245. The first-order valence-electron chi connectivity index (χ1n) is 9.00. The molecular weight excluding hydrogens is 372 g/mol. The first-order chi connectivity index (χ1) is 13.4. The lowest BCUT2D eigenvalue weighted by molar-refractivity contribution is -0.140. The zero-order chi connectivity index (χ0) is 19.7. The van der Waals surface area contributed by atoms with Gasteiger partial charge in [-0.3, -0.25) is 4.98 Å². The molecule has 0 bridgehead atoms. The van der Waals surface area contributed by atoms with Crippen molar-refractivity contribution in [2.75, 3.05) is 0 Å². The molecule has 1 aliphatic carbocycles. The quantitative estimate of drug-likeness (QED) is 0.616. The SMILES string of the molecule is Fc1ccc(O[C@@H]2CC[C@H]2NCc2cccc3cnccc23)cc1C(F)(F)F. The van der Waals surface area contributed by atoms with E-state index in [0.29, 0.717) is 6.54 Å². The van der Waals surface area contributed by atoms with Crippen molar-refractivity contribution in [1.82, 2.24) is 10.3 Å². The molecule has 28 heavy (non-hydrogen) atoms. The molecule has 4 rings (SSSR count). The Hall–Kier alpha value is -2.67. The van der Waals surface area contributed by atoms with E-state index >= 15 is 0 Å². The van der Waals surface area contributed by atoms with Crippen LogP contribution in [0.4, 0.5) is 17.6 Å². The number of rotatable bonds is 5. The Kier molecular flexibility index (Phi) is 4.93. The lowest BCUT2D eigenvalue weighted by Crippen LogP contribution is -2.50. The Balaban J connectivity index is 1.42. The Labute approximate surface area is 159 Å². The molecule has 1 heterocycles. The van der Waals surface area contributed by atoms with Crippen molar-refractivity contribution in [3.8, 4) is 5.75 Å². The van der Waals surface area contributed by atoms with Crippen LogP contribution in [0.15, 0.2) is 54.9 Å². The summed E-state index contributed by atoms with van der Waals surface area (Å²) in [6.07, 6.45) is 0.155. The third-order valence-electron chi connectivity index (χ3n) is 5.07. The summed E-state index contributed by atoms with van der Waals surface area (Å²) in [7, 11) is 0. The van der Waals surface area contributed by atoms with E-state index in [1.807, 2.05) is 24.3 Å². The largest absolute Gasteiger partial charge is 0.489 e. The number of nitrogens with one attached hydrogen (secondary N) is 1. The van der Waals surface area contributed by atoms with Crippen LogP contribution in [0.5, 0.6) is 5.75 Å². The van der Waals surface area contributed by atoms with Gasteiger partial charge in [0.05, 0.1) is 5.56 Å². The normalized spacial score (nSPS) is 19.4. The van der Waals surface area contributed by atoms with Crippen molar-refractivity contribution in [2.24, 2.45) is 0 Å². The van der Waals surface area contributed by atoms with Gasteiger partial charge in [0, 0.05) is 30.4 Å². The van der Waals surface area contributed by atoms with Gasteiger partial charge in [0.1, 0.15) is 17.7 Å². The standard InChI is InChI=1S/C21H18F4N2O/c22-18-5-4-15(10-17(18)21(23,24)25)28-20-7-6-19(20)27-12-14-3-1-2-13-11-26-9-8-16(13)14/h1-5,8-11,19-20,27H,6-7,12H2/t19-,20-/m1/s1. The number of nitrogens with zero attached hydrogens (tertiary/aromatic N) is 1. The van der Waals surface area contributed by atoms with Crippen molar-refractivity contribution in [3.05, 3.63) is 71.8 Å². The Morgan fingerprint density at radius 2 is 1.96 bits per heavy atom. The van der Waals surface area contributed by atoms with Crippen molar-refractivity contribution in [1.29, 1.82) is 0 Å². The first-order valence-corrected chi connectivity index (χ1v) is 9.00. The van der Waals surface area contributed by atoms with Crippen LogP contribution in [-0.4, -0.2) is 17.1 Å². The highest BCUT2D eigenvalue weighted by atomic mass is 19.4. The third-order valence-corrected chi connectivity index (χ3v) is 5.07. The van der Waals surface area contributed by atoms with E-state index in [1.54, 1.807) is 12.4 Å². The first kappa shape index (κ1) is 18.7. The van der Waals surface area contributed by atoms with Gasteiger partial charge in [0.2, 0.25) is 0 Å². The second kappa shape index (κ2) is 7.39. The maximum Gasteiger partial charge on any atom is 0.419 e. The van der Waals surface area contributed by atoms with Crippen LogP contribution in [0.25, 0.3) is 10.8 Å². The van der Waals surface area contributed by atoms with Crippen LogP contribution in [0.3, 0.4) is 0 Å². The summed E-state index contributed by atoms with van der Waals surface area (Å²) in [4.78, 5) is 4.12. The number of alkyl halides is 3. The van der Waals surface area contributed by atoms with E-state index < -0.39 is 17.6 Å². The second-order valence-electron chi connectivity index (χ2n) is 6.87. The smallest absolute Gasteiger partial charge is 0.419 e. The van der Waals surface area contributed by atoms with Crippen LogP contribution in [0.1, 0.15) is 24.0 Å². The maximum atomic E-state index is 13.4. The summed E-state index contributed by atoms with van der Waals surface area (Å²) in [5, 5.41) is 5.57. The monoisotopic (exact) mass is 390 g/mol. The van der Waals surface area contributed by atoms with E-state index in [1.165, 1.54) is 6.07 Å². The molecule has 1 fully saturated rings. The number of hydrogen-bond donors (Lipinski definition) is 1. The van der Waals surface area contributed by atoms with Gasteiger partial charge < -0.3 is 10.1 Å². The van der Waals surface area contributed by atoms with Crippen LogP contribution in [0, 0.1) is 5.82 Å². The minimum atomic E-state index is -4.75. The number of fused-ring (bicyclic) bond motifs is 1.